The maximum absolute atomic E-state index is 12.2. The largest absolute Gasteiger partial charge is 0.339 e. The van der Waals surface area contributed by atoms with E-state index in [0.29, 0.717) is 11.9 Å². The number of likely N-dealkylation sites (tertiary alicyclic amines) is 1. The second kappa shape index (κ2) is 5.21. The Morgan fingerprint density at radius 1 is 1.50 bits per heavy atom. The monoisotopic (exact) mass is 282 g/mol. The van der Waals surface area contributed by atoms with Gasteiger partial charge < -0.3 is 4.90 Å². The molecule has 1 saturated carbocycles. The molecule has 1 aliphatic heterocycles. The molecule has 18 heavy (non-hydrogen) atoms. The molecule has 0 aromatic carbocycles. The first kappa shape index (κ1) is 12.5. The molecule has 0 radical (unpaired) electrons. The van der Waals surface area contributed by atoms with Gasteiger partial charge in [0.25, 0.3) is 0 Å². The zero-order valence-electron chi connectivity index (χ0n) is 10.6. The van der Waals surface area contributed by atoms with Gasteiger partial charge in [-0.1, -0.05) is 6.92 Å². The van der Waals surface area contributed by atoms with Gasteiger partial charge in [0, 0.05) is 23.7 Å². The molecule has 98 valence electrons. The molecule has 1 amide bonds. The summed E-state index contributed by atoms with van der Waals surface area (Å²) in [7, 11) is 0. The van der Waals surface area contributed by atoms with E-state index in [2.05, 4.69) is 22.2 Å². The Labute approximate surface area is 116 Å². The number of aromatic nitrogens is 1. The van der Waals surface area contributed by atoms with E-state index in [1.54, 1.807) is 23.1 Å². The summed E-state index contributed by atoms with van der Waals surface area (Å²) >= 11 is 3.50. The van der Waals surface area contributed by atoms with Crippen LogP contribution in [0, 0.1) is 0 Å². The summed E-state index contributed by atoms with van der Waals surface area (Å²) in [5.41, 5.74) is 1.14. The molecule has 1 saturated heterocycles. The van der Waals surface area contributed by atoms with Crippen molar-refractivity contribution in [3.8, 4) is 0 Å². The predicted octanol–water partition coefficient (Wildman–Crippen LogP) is 2.70. The SMILES string of the molecule is CCc1nc(CS[C@@H]2CCN(C3CC3)C2=O)cs1. The van der Waals surface area contributed by atoms with Gasteiger partial charge in [0.1, 0.15) is 0 Å². The molecule has 5 heteroatoms. The minimum atomic E-state index is 0.178. The van der Waals surface area contributed by atoms with Crippen LogP contribution in [0.5, 0.6) is 0 Å². The minimum absolute atomic E-state index is 0.178. The van der Waals surface area contributed by atoms with Crippen molar-refractivity contribution < 1.29 is 4.79 Å². The summed E-state index contributed by atoms with van der Waals surface area (Å²) in [6.45, 7) is 3.10. The van der Waals surface area contributed by atoms with Crippen LogP contribution in [0.1, 0.15) is 36.9 Å². The van der Waals surface area contributed by atoms with Gasteiger partial charge in [0.15, 0.2) is 0 Å². The van der Waals surface area contributed by atoms with Gasteiger partial charge in [-0.3, -0.25) is 4.79 Å². The molecule has 1 aliphatic carbocycles. The molecule has 3 rings (SSSR count). The lowest BCUT2D eigenvalue weighted by atomic mass is 10.4. The highest BCUT2D eigenvalue weighted by Gasteiger charge is 2.40. The standard InChI is InChI=1S/C13H18N2OS2/c1-2-12-14-9(8-18-12)7-17-11-5-6-15(13(11)16)10-3-4-10/h8,10-11H,2-7H2,1H3/t11-/m1/s1. The van der Waals surface area contributed by atoms with Crippen molar-refractivity contribution in [1.29, 1.82) is 0 Å². The Hall–Kier alpha value is -0.550. The van der Waals surface area contributed by atoms with Crippen LogP contribution in [0.4, 0.5) is 0 Å². The molecule has 2 fully saturated rings. The molecule has 2 heterocycles. The van der Waals surface area contributed by atoms with Gasteiger partial charge in [-0.15, -0.1) is 23.1 Å². The van der Waals surface area contributed by atoms with E-state index in [1.807, 2.05) is 0 Å². The normalized spacial score (nSPS) is 23.9. The van der Waals surface area contributed by atoms with Crippen molar-refractivity contribution in [2.24, 2.45) is 0 Å². The molecule has 1 atom stereocenters. The van der Waals surface area contributed by atoms with Gasteiger partial charge >= 0.3 is 0 Å². The highest BCUT2D eigenvalue weighted by molar-refractivity contribution is 7.99. The van der Waals surface area contributed by atoms with Crippen LogP contribution in [0.25, 0.3) is 0 Å². The number of hydrogen-bond donors (Lipinski definition) is 0. The molecule has 0 spiro atoms. The van der Waals surface area contributed by atoms with Crippen molar-refractivity contribution >= 4 is 29.0 Å². The fourth-order valence-corrected chi connectivity index (χ4v) is 4.26. The molecule has 1 aromatic rings. The number of amides is 1. The Bertz CT molecular complexity index is 442. The Morgan fingerprint density at radius 3 is 3.00 bits per heavy atom. The first-order valence-corrected chi connectivity index (χ1v) is 8.56. The maximum atomic E-state index is 12.2. The molecule has 1 aromatic heterocycles. The third-order valence-electron chi connectivity index (χ3n) is 3.51. The second-order valence-electron chi connectivity index (χ2n) is 4.94. The Balaban J connectivity index is 1.52. The van der Waals surface area contributed by atoms with E-state index in [-0.39, 0.29) is 5.25 Å². The third-order valence-corrected chi connectivity index (χ3v) is 5.86. The summed E-state index contributed by atoms with van der Waals surface area (Å²) in [6, 6.07) is 0.578. The molecule has 3 nitrogen and oxygen atoms in total. The highest BCUT2D eigenvalue weighted by Crippen LogP contribution is 2.35. The van der Waals surface area contributed by atoms with E-state index < -0.39 is 0 Å². The summed E-state index contributed by atoms with van der Waals surface area (Å²) in [4.78, 5) is 18.8. The van der Waals surface area contributed by atoms with Gasteiger partial charge in [0.05, 0.1) is 16.0 Å². The summed E-state index contributed by atoms with van der Waals surface area (Å²) in [5.74, 6) is 1.25. The average molecular weight is 282 g/mol. The third kappa shape index (κ3) is 2.57. The summed E-state index contributed by atoms with van der Waals surface area (Å²) in [6.07, 6.45) is 4.46. The van der Waals surface area contributed by atoms with Crippen LogP contribution in [-0.4, -0.2) is 33.6 Å². The van der Waals surface area contributed by atoms with E-state index >= 15 is 0 Å². The average Bonchev–Trinajstić information content (AvgIpc) is 3.00. The number of thioether (sulfide) groups is 1. The zero-order chi connectivity index (χ0) is 12.5. The minimum Gasteiger partial charge on any atom is -0.339 e. The number of carbonyl (C=O) groups excluding carboxylic acids is 1. The number of rotatable bonds is 5. The fourth-order valence-electron chi connectivity index (χ4n) is 2.34. The quantitative estimate of drug-likeness (QED) is 0.832. The van der Waals surface area contributed by atoms with Crippen LogP contribution in [0.3, 0.4) is 0 Å². The predicted molar refractivity (Wildman–Crippen MR) is 75.9 cm³/mol. The first-order valence-electron chi connectivity index (χ1n) is 6.63. The Kier molecular flexibility index (Phi) is 3.61. The first-order chi connectivity index (χ1) is 8.78. The molecule has 0 bridgehead atoms. The zero-order valence-corrected chi connectivity index (χ0v) is 12.2. The van der Waals surface area contributed by atoms with Crippen LogP contribution in [0.2, 0.25) is 0 Å². The van der Waals surface area contributed by atoms with E-state index in [4.69, 9.17) is 0 Å². The number of aryl methyl sites for hydroxylation is 1. The number of nitrogens with zero attached hydrogens (tertiary/aromatic N) is 2. The van der Waals surface area contributed by atoms with Gasteiger partial charge in [0.2, 0.25) is 5.91 Å². The van der Waals surface area contributed by atoms with Crippen molar-refractivity contribution in [2.45, 2.75) is 49.7 Å². The Morgan fingerprint density at radius 2 is 2.33 bits per heavy atom. The van der Waals surface area contributed by atoms with Crippen LogP contribution >= 0.6 is 23.1 Å². The number of thiazole rings is 1. The van der Waals surface area contributed by atoms with Crippen molar-refractivity contribution in [3.63, 3.8) is 0 Å². The summed E-state index contributed by atoms with van der Waals surface area (Å²) in [5, 5.41) is 3.50. The smallest absolute Gasteiger partial charge is 0.236 e. The number of hydrogen-bond acceptors (Lipinski definition) is 4. The lowest BCUT2D eigenvalue weighted by molar-refractivity contribution is -0.127. The van der Waals surface area contributed by atoms with E-state index in [9.17, 15) is 4.79 Å². The van der Waals surface area contributed by atoms with Gasteiger partial charge in [-0.05, 0) is 25.7 Å². The van der Waals surface area contributed by atoms with Crippen molar-refractivity contribution in [3.05, 3.63) is 16.1 Å². The molecular weight excluding hydrogens is 264 g/mol. The molecular formula is C13H18N2OS2. The summed E-state index contributed by atoms with van der Waals surface area (Å²) < 4.78 is 0. The topological polar surface area (TPSA) is 33.2 Å². The molecule has 0 unspecified atom stereocenters. The van der Waals surface area contributed by atoms with Crippen LogP contribution in [-0.2, 0) is 17.0 Å². The number of carbonyl (C=O) groups is 1. The highest BCUT2D eigenvalue weighted by atomic mass is 32.2. The van der Waals surface area contributed by atoms with Crippen LogP contribution < -0.4 is 0 Å². The van der Waals surface area contributed by atoms with Crippen molar-refractivity contribution in [1.82, 2.24) is 9.88 Å². The van der Waals surface area contributed by atoms with Gasteiger partial charge in [-0.25, -0.2) is 4.98 Å². The maximum Gasteiger partial charge on any atom is 0.236 e. The van der Waals surface area contributed by atoms with Gasteiger partial charge in [-0.2, -0.15) is 0 Å². The van der Waals surface area contributed by atoms with Crippen LogP contribution in [0.15, 0.2) is 5.38 Å². The molecule has 2 aliphatic rings. The lowest BCUT2D eigenvalue weighted by Crippen LogP contribution is -2.30. The van der Waals surface area contributed by atoms with E-state index in [0.717, 1.165) is 30.8 Å². The van der Waals surface area contributed by atoms with E-state index in [1.165, 1.54) is 17.8 Å². The lowest BCUT2D eigenvalue weighted by Gasteiger charge is -2.14. The second-order valence-corrected chi connectivity index (χ2v) is 7.07. The molecule has 0 N–H and O–H groups in total. The van der Waals surface area contributed by atoms with Crippen molar-refractivity contribution in [2.75, 3.05) is 6.54 Å². The fraction of sp³-hybridized carbons (Fsp3) is 0.692.